The molecule has 1 N–H and O–H groups in total. The van der Waals surface area contributed by atoms with E-state index < -0.39 is 5.92 Å². The van der Waals surface area contributed by atoms with Crippen molar-refractivity contribution in [3.63, 3.8) is 0 Å². The van der Waals surface area contributed by atoms with Gasteiger partial charge in [-0.15, -0.1) is 0 Å². The van der Waals surface area contributed by atoms with Crippen LogP contribution in [0.4, 0.5) is 4.79 Å². The first-order valence-corrected chi connectivity index (χ1v) is 6.80. The van der Waals surface area contributed by atoms with Crippen molar-refractivity contribution in [2.24, 2.45) is 5.92 Å². The average Bonchev–Trinajstić information content (AvgIpc) is 2.47. The fraction of sp³-hybridized carbons (Fsp3) is 0.467. The molecule has 0 spiro atoms. The lowest BCUT2D eigenvalue weighted by Gasteiger charge is -2.42. The maximum Gasteiger partial charge on any atom is 0.318 e. The summed E-state index contributed by atoms with van der Waals surface area (Å²) in [6, 6.07) is 8.82. The minimum atomic E-state index is -0.417. The first-order valence-electron chi connectivity index (χ1n) is 6.80. The van der Waals surface area contributed by atoms with Gasteiger partial charge in [-0.3, -0.25) is 4.79 Å². The summed E-state index contributed by atoms with van der Waals surface area (Å²) < 4.78 is 4.92. The lowest BCUT2D eigenvalue weighted by molar-refractivity contribution is -0.149. The highest BCUT2D eigenvalue weighted by molar-refractivity contribution is 5.82. The molecule has 0 aromatic heterocycles. The zero-order valence-corrected chi connectivity index (χ0v) is 12.0. The van der Waals surface area contributed by atoms with E-state index in [4.69, 9.17) is 4.74 Å². The van der Waals surface area contributed by atoms with E-state index in [2.05, 4.69) is 5.32 Å². The molecule has 0 unspecified atom stereocenters. The second-order valence-corrected chi connectivity index (χ2v) is 4.91. The Morgan fingerprint density at radius 2 is 2.00 bits per heavy atom. The van der Waals surface area contributed by atoms with Crippen molar-refractivity contribution < 1.29 is 14.3 Å². The van der Waals surface area contributed by atoms with E-state index in [1.165, 1.54) is 7.11 Å². The van der Waals surface area contributed by atoms with Crippen molar-refractivity contribution in [2.45, 2.75) is 25.9 Å². The topological polar surface area (TPSA) is 58.6 Å². The summed E-state index contributed by atoms with van der Waals surface area (Å²) in [5.41, 5.74) is 0.916. The van der Waals surface area contributed by atoms with Crippen LogP contribution >= 0.6 is 0 Å². The van der Waals surface area contributed by atoms with E-state index in [1.54, 1.807) is 4.90 Å². The van der Waals surface area contributed by atoms with E-state index in [0.29, 0.717) is 6.54 Å². The fourth-order valence-corrected chi connectivity index (χ4v) is 2.81. The highest BCUT2D eigenvalue weighted by atomic mass is 16.5. The van der Waals surface area contributed by atoms with Gasteiger partial charge in [-0.2, -0.15) is 0 Å². The molecule has 0 saturated carbocycles. The second-order valence-electron chi connectivity index (χ2n) is 4.91. The molecule has 5 nitrogen and oxygen atoms in total. The molecule has 1 heterocycles. The van der Waals surface area contributed by atoms with Gasteiger partial charge in [0.05, 0.1) is 13.2 Å². The van der Waals surface area contributed by atoms with E-state index >= 15 is 0 Å². The predicted molar refractivity (Wildman–Crippen MR) is 75.1 cm³/mol. The van der Waals surface area contributed by atoms with Crippen LogP contribution in [0.2, 0.25) is 0 Å². The average molecular weight is 276 g/mol. The van der Waals surface area contributed by atoms with Gasteiger partial charge in [0.25, 0.3) is 0 Å². The molecule has 0 radical (unpaired) electrons. The molecule has 0 aliphatic carbocycles. The Morgan fingerprint density at radius 3 is 2.55 bits per heavy atom. The summed E-state index contributed by atoms with van der Waals surface area (Å²) in [4.78, 5) is 25.9. The molecule has 2 rings (SSSR count). The van der Waals surface area contributed by atoms with Gasteiger partial charge < -0.3 is 15.0 Å². The summed E-state index contributed by atoms with van der Waals surface area (Å²) in [5, 5.41) is 2.92. The van der Waals surface area contributed by atoms with Gasteiger partial charge in [0.2, 0.25) is 0 Å². The number of benzene rings is 1. The number of hydrogen-bond acceptors (Lipinski definition) is 3. The van der Waals surface area contributed by atoms with Crippen molar-refractivity contribution in [1.29, 1.82) is 0 Å². The lowest BCUT2D eigenvalue weighted by Crippen LogP contribution is -2.59. The third-order valence-electron chi connectivity index (χ3n) is 3.88. The smallest absolute Gasteiger partial charge is 0.318 e. The largest absolute Gasteiger partial charge is 0.469 e. The highest BCUT2D eigenvalue weighted by Crippen LogP contribution is 2.32. The van der Waals surface area contributed by atoms with Crippen LogP contribution in [-0.4, -0.2) is 36.6 Å². The summed E-state index contributed by atoms with van der Waals surface area (Å²) in [6.45, 7) is 4.34. The molecule has 1 aromatic carbocycles. The number of esters is 1. The van der Waals surface area contributed by atoms with Crippen LogP contribution < -0.4 is 5.32 Å². The third-order valence-corrected chi connectivity index (χ3v) is 3.88. The van der Waals surface area contributed by atoms with Gasteiger partial charge in [0.15, 0.2) is 0 Å². The number of hydrogen-bond donors (Lipinski definition) is 1. The van der Waals surface area contributed by atoms with Crippen LogP contribution in [0.25, 0.3) is 0 Å². The molecule has 1 saturated heterocycles. The molecule has 1 fully saturated rings. The number of urea groups is 1. The van der Waals surface area contributed by atoms with Gasteiger partial charge in [-0.1, -0.05) is 30.3 Å². The zero-order valence-electron chi connectivity index (χ0n) is 12.0. The quantitative estimate of drug-likeness (QED) is 0.858. The standard InChI is InChI=1S/C15H20N2O3/c1-4-17-10(2)12(14(18)20-3)13(16-15(17)19)11-8-6-5-7-9-11/h5-10,12-13H,4H2,1-3H3,(H,16,19)/t10-,12+,13+/m1/s1. The van der Waals surface area contributed by atoms with Gasteiger partial charge >= 0.3 is 12.0 Å². The van der Waals surface area contributed by atoms with E-state index in [0.717, 1.165) is 5.56 Å². The number of carbonyl (C=O) groups is 2. The molecule has 1 aliphatic rings. The normalized spacial score (nSPS) is 26.1. The van der Waals surface area contributed by atoms with Crippen molar-refractivity contribution in [2.75, 3.05) is 13.7 Å². The van der Waals surface area contributed by atoms with Crippen LogP contribution in [0.5, 0.6) is 0 Å². The van der Waals surface area contributed by atoms with Crippen LogP contribution in [0.3, 0.4) is 0 Å². The Labute approximate surface area is 118 Å². The number of rotatable bonds is 3. The zero-order chi connectivity index (χ0) is 14.7. The van der Waals surface area contributed by atoms with Gasteiger partial charge in [-0.25, -0.2) is 4.79 Å². The maximum atomic E-state index is 12.1. The molecule has 2 amide bonds. The Bertz CT molecular complexity index is 489. The number of nitrogens with zero attached hydrogens (tertiary/aromatic N) is 1. The molecule has 1 aromatic rings. The SMILES string of the molecule is CCN1C(=O)N[C@@H](c2ccccc2)[C@@H](C(=O)OC)[C@H]1C. The first kappa shape index (κ1) is 14.4. The van der Waals surface area contributed by atoms with Gasteiger partial charge in [0, 0.05) is 12.6 Å². The van der Waals surface area contributed by atoms with Gasteiger partial charge in [-0.05, 0) is 19.4 Å². The van der Waals surface area contributed by atoms with E-state index in [-0.39, 0.29) is 24.1 Å². The fourth-order valence-electron chi connectivity index (χ4n) is 2.81. The van der Waals surface area contributed by atoms with Crippen LogP contribution in [0.15, 0.2) is 30.3 Å². The summed E-state index contributed by atoms with van der Waals surface area (Å²) in [7, 11) is 1.38. The van der Waals surface area contributed by atoms with E-state index in [9.17, 15) is 9.59 Å². The molecule has 20 heavy (non-hydrogen) atoms. The Balaban J connectivity index is 2.38. The Morgan fingerprint density at radius 1 is 1.35 bits per heavy atom. The number of carbonyl (C=O) groups excluding carboxylic acids is 2. The summed E-state index contributed by atoms with van der Waals surface area (Å²) in [5.74, 6) is -0.718. The Kier molecular flexibility index (Phi) is 4.27. The van der Waals surface area contributed by atoms with E-state index in [1.807, 2.05) is 44.2 Å². The molecular formula is C15H20N2O3. The maximum absolute atomic E-state index is 12.1. The third kappa shape index (κ3) is 2.48. The van der Waals surface area contributed by atoms with Crippen LogP contribution in [0.1, 0.15) is 25.5 Å². The number of amides is 2. The highest BCUT2D eigenvalue weighted by Gasteiger charge is 2.44. The monoisotopic (exact) mass is 276 g/mol. The molecular weight excluding hydrogens is 256 g/mol. The van der Waals surface area contributed by atoms with Crippen LogP contribution in [0, 0.1) is 5.92 Å². The predicted octanol–water partition coefficient (Wildman–Crippen LogP) is 1.95. The first-order chi connectivity index (χ1) is 9.60. The molecule has 108 valence electrons. The number of nitrogens with one attached hydrogen (secondary N) is 1. The van der Waals surface area contributed by atoms with Gasteiger partial charge in [0.1, 0.15) is 5.92 Å². The molecule has 1 aliphatic heterocycles. The molecule has 0 bridgehead atoms. The number of ether oxygens (including phenoxy) is 1. The van der Waals surface area contributed by atoms with Crippen molar-refractivity contribution in [1.82, 2.24) is 10.2 Å². The number of methoxy groups -OCH3 is 1. The Hall–Kier alpha value is -2.04. The minimum Gasteiger partial charge on any atom is -0.469 e. The molecule has 3 atom stereocenters. The summed E-state index contributed by atoms with van der Waals surface area (Å²) in [6.07, 6.45) is 0. The summed E-state index contributed by atoms with van der Waals surface area (Å²) >= 11 is 0. The van der Waals surface area contributed by atoms with Crippen molar-refractivity contribution in [3.8, 4) is 0 Å². The van der Waals surface area contributed by atoms with Crippen LogP contribution in [-0.2, 0) is 9.53 Å². The van der Waals surface area contributed by atoms with Crippen molar-refractivity contribution >= 4 is 12.0 Å². The minimum absolute atomic E-state index is 0.144. The van der Waals surface area contributed by atoms with Crippen molar-refractivity contribution in [3.05, 3.63) is 35.9 Å². The lowest BCUT2D eigenvalue weighted by atomic mass is 9.85. The molecule has 5 heteroatoms. The second kappa shape index (κ2) is 5.94.